The molecule has 0 aliphatic carbocycles. The summed E-state index contributed by atoms with van der Waals surface area (Å²) in [5.41, 5.74) is 2.50. The molecule has 0 fully saturated rings. The molecule has 21 heavy (non-hydrogen) atoms. The minimum atomic E-state index is 0.0932. The zero-order valence-corrected chi connectivity index (χ0v) is 13.9. The Morgan fingerprint density at radius 2 is 1.86 bits per heavy atom. The van der Waals surface area contributed by atoms with Crippen LogP contribution in [0.5, 0.6) is 0 Å². The molecule has 4 heteroatoms. The van der Waals surface area contributed by atoms with Gasteiger partial charge in [-0.15, -0.1) is 11.3 Å². The lowest BCUT2D eigenvalue weighted by Gasteiger charge is -2.20. The van der Waals surface area contributed by atoms with Gasteiger partial charge in [0.15, 0.2) is 0 Å². The van der Waals surface area contributed by atoms with Gasteiger partial charge in [0.2, 0.25) is 0 Å². The van der Waals surface area contributed by atoms with Crippen molar-refractivity contribution in [3.8, 4) is 0 Å². The molecule has 0 aliphatic heterocycles. The Labute approximate surface area is 131 Å². The lowest BCUT2D eigenvalue weighted by molar-refractivity contribution is 0.184. The van der Waals surface area contributed by atoms with Crippen molar-refractivity contribution >= 4 is 11.3 Å². The fraction of sp³-hybridized carbons (Fsp3) is 0.471. The SMILES string of the molecule is CC(C)(C)c1csc(CN(CCO)Cc2ccccc2)n1. The van der Waals surface area contributed by atoms with Gasteiger partial charge in [0, 0.05) is 23.9 Å². The minimum absolute atomic E-state index is 0.0932. The maximum absolute atomic E-state index is 9.27. The number of rotatable bonds is 6. The number of nitrogens with zero attached hydrogens (tertiary/aromatic N) is 2. The van der Waals surface area contributed by atoms with Crippen LogP contribution in [0.2, 0.25) is 0 Å². The van der Waals surface area contributed by atoms with Crippen molar-refractivity contribution in [2.45, 2.75) is 39.3 Å². The molecule has 0 atom stereocenters. The maximum atomic E-state index is 9.27. The number of aliphatic hydroxyl groups excluding tert-OH is 1. The van der Waals surface area contributed by atoms with Crippen molar-refractivity contribution in [1.29, 1.82) is 0 Å². The van der Waals surface area contributed by atoms with Gasteiger partial charge in [0.25, 0.3) is 0 Å². The Balaban J connectivity index is 2.04. The van der Waals surface area contributed by atoms with Gasteiger partial charge in [0.1, 0.15) is 5.01 Å². The summed E-state index contributed by atoms with van der Waals surface area (Å²) >= 11 is 1.71. The second kappa shape index (κ2) is 7.16. The van der Waals surface area contributed by atoms with E-state index in [2.05, 4.69) is 43.2 Å². The highest BCUT2D eigenvalue weighted by atomic mass is 32.1. The third-order valence-electron chi connectivity index (χ3n) is 3.34. The number of benzene rings is 1. The molecule has 0 saturated carbocycles. The fourth-order valence-corrected chi connectivity index (χ4v) is 3.18. The van der Waals surface area contributed by atoms with Crippen LogP contribution in [0.1, 0.15) is 37.0 Å². The molecule has 0 unspecified atom stereocenters. The quantitative estimate of drug-likeness (QED) is 0.888. The molecule has 0 aliphatic rings. The monoisotopic (exact) mass is 304 g/mol. The fourth-order valence-electron chi connectivity index (χ4n) is 2.12. The molecule has 0 radical (unpaired) electrons. The van der Waals surface area contributed by atoms with E-state index in [4.69, 9.17) is 4.98 Å². The summed E-state index contributed by atoms with van der Waals surface area (Å²) in [6, 6.07) is 10.4. The third kappa shape index (κ3) is 4.92. The number of aromatic nitrogens is 1. The van der Waals surface area contributed by atoms with E-state index in [-0.39, 0.29) is 12.0 Å². The van der Waals surface area contributed by atoms with Crippen LogP contribution in [0.25, 0.3) is 0 Å². The highest BCUT2D eigenvalue weighted by Crippen LogP contribution is 2.24. The molecule has 0 amide bonds. The van der Waals surface area contributed by atoms with Gasteiger partial charge in [-0.2, -0.15) is 0 Å². The molecule has 114 valence electrons. The van der Waals surface area contributed by atoms with Crippen molar-refractivity contribution in [2.24, 2.45) is 0 Å². The lowest BCUT2D eigenvalue weighted by Crippen LogP contribution is -2.26. The van der Waals surface area contributed by atoms with Crippen LogP contribution in [0.15, 0.2) is 35.7 Å². The molecule has 1 heterocycles. The average Bonchev–Trinajstić information content (AvgIpc) is 2.89. The predicted octanol–water partition coefficient (Wildman–Crippen LogP) is 3.44. The summed E-state index contributed by atoms with van der Waals surface area (Å²) in [5.74, 6) is 0. The zero-order chi connectivity index (χ0) is 15.3. The number of thiazole rings is 1. The van der Waals surface area contributed by atoms with Gasteiger partial charge in [-0.25, -0.2) is 4.98 Å². The van der Waals surface area contributed by atoms with E-state index in [0.717, 1.165) is 23.8 Å². The molecule has 0 bridgehead atoms. The molecular formula is C17H24N2OS. The predicted molar refractivity (Wildman–Crippen MR) is 88.5 cm³/mol. The maximum Gasteiger partial charge on any atom is 0.107 e. The molecule has 3 nitrogen and oxygen atoms in total. The Bertz CT molecular complexity index is 545. The van der Waals surface area contributed by atoms with Crippen molar-refractivity contribution in [3.05, 3.63) is 52.0 Å². The van der Waals surface area contributed by atoms with Crippen LogP contribution in [-0.4, -0.2) is 28.1 Å². The Hall–Kier alpha value is -1.23. The normalized spacial score (nSPS) is 12.0. The Kier molecular flexibility index (Phi) is 5.51. The summed E-state index contributed by atoms with van der Waals surface area (Å²) in [6.07, 6.45) is 0. The van der Waals surface area contributed by atoms with Crippen LogP contribution < -0.4 is 0 Å². The van der Waals surface area contributed by atoms with E-state index in [1.54, 1.807) is 11.3 Å². The smallest absolute Gasteiger partial charge is 0.107 e. The van der Waals surface area contributed by atoms with Crippen molar-refractivity contribution in [3.63, 3.8) is 0 Å². The molecular weight excluding hydrogens is 280 g/mol. The van der Waals surface area contributed by atoms with E-state index >= 15 is 0 Å². The lowest BCUT2D eigenvalue weighted by atomic mass is 9.93. The zero-order valence-electron chi connectivity index (χ0n) is 13.0. The van der Waals surface area contributed by atoms with Gasteiger partial charge >= 0.3 is 0 Å². The molecule has 1 aromatic carbocycles. The average molecular weight is 304 g/mol. The molecule has 1 aromatic heterocycles. The van der Waals surface area contributed by atoms with Crippen LogP contribution >= 0.6 is 11.3 Å². The Morgan fingerprint density at radius 3 is 2.43 bits per heavy atom. The molecule has 0 saturated heterocycles. The van der Waals surface area contributed by atoms with Crippen molar-refractivity contribution in [1.82, 2.24) is 9.88 Å². The second-order valence-corrected chi connectivity index (χ2v) is 7.24. The van der Waals surface area contributed by atoms with Gasteiger partial charge < -0.3 is 5.11 Å². The summed E-state index contributed by atoms with van der Waals surface area (Å²) in [6.45, 7) is 9.01. The molecule has 2 aromatic rings. The third-order valence-corrected chi connectivity index (χ3v) is 4.18. The standard InChI is InChI=1S/C17H24N2OS/c1-17(2,3)15-13-21-16(18-15)12-19(9-10-20)11-14-7-5-4-6-8-14/h4-8,13,20H,9-12H2,1-3H3. The topological polar surface area (TPSA) is 36.4 Å². The van der Waals surface area contributed by atoms with E-state index < -0.39 is 0 Å². The number of hydrogen-bond acceptors (Lipinski definition) is 4. The van der Waals surface area contributed by atoms with E-state index in [9.17, 15) is 5.11 Å². The van der Waals surface area contributed by atoms with Gasteiger partial charge in [0.05, 0.1) is 18.8 Å². The highest BCUT2D eigenvalue weighted by molar-refractivity contribution is 7.09. The van der Waals surface area contributed by atoms with Gasteiger partial charge in [-0.1, -0.05) is 51.1 Å². The van der Waals surface area contributed by atoms with Crippen molar-refractivity contribution in [2.75, 3.05) is 13.2 Å². The molecule has 2 rings (SSSR count). The molecule has 0 spiro atoms. The Morgan fingerprint density at radius 1 is 1.14 bits per heavy atom. The van der Waals surface area contributed by atoms with Gasteiger partial charge in [-0.3, -0.25) is 4.90 Å². The first-order valence-corrected chi connectivity index (χ1v) is 8.19. The second-order valence-electron chi connectivity index (χ2n) is 6.30. The summed E-state index contributed by atoms with van der Waals surface area (Å²) in [5, 5.41) is 12.5. The van der Waals surface area contributed by atoms with Crippen LogP contribution in [0.3, 0.4) is 0 Å². The first kappa shape index (κ1) is 16.1. The number of hydrogen-bond donors (Lipinski definition) is 1. The van der Waals surface area contributed by atoms with E-state index in [1.165, 1.54) is 5.56 Å². The summed E-state index contributed by atoms with van der Waals surface area (Å²) in [7, 11) is 0. The van der Waals surface area contributed by atoms with E-state index in [0.29, 0.717) is 6.54 Å². The minimum Gasteiger partial charge on any atom is -0.395 e. The van der Waals surface area contributed by atoms with E-state index in [1.807, 2.05) is 18.2 Å². The highest BCUT2D eigenvalue weighted by Gasteiger charge is 2.18. The number of aliphatic hydroxyl groups is 1. The van der Waals surface area contributed by atoms with Crippen molar-refractivity contribution < 1.29 is 5.11 Å². The summed E-state index contributed by atoms with van der Waals surface area (Å²) in [4.78, 5) is 6.98. The van der Waals surface area contributed by atoms with Gasteiger partial charge in [-0.05, 0) is 5.56 Å². The summed E-state index contributed by atoms with van der Waals surface area (Å²) < 4.78 is 0. The van der Waals surface area contributed by atoms with Crippen LogP contribution in [0.4, 0.5) is 0 Å². The largest absolute Gasteiger partial charge is 0.395 e. The first-order chi connectivity index (χ1) is 9.99. The van der Waals surface area contributed by atoms with Crippen LogP contribution in [0, 0.1) is 0 Å². The van der Waals surface area contributed by atoms with Crippen LogP contribution in [-0.2, 0) is 18.5 Å². The molecule has 1 N–H and O–H groups in total. The first-order valence-electron chi connectivity index (χ1n) is 7.31.